The second kappa shape index (κ2) is 9.16. The van der Waals surface area contributed by atoms with Crippen molar-refractivity contribution in [3.63, 3.8) is 0 Å². The number of nitrogens with one attached hydrogen (secondary N) is 1. The summed E-state index contributed by atoms with van der Waals surface area (Å²) in [6, 6.07) is 6.62. The van der Waals surface area contributed by atoms with Gasteiger partial charge in [0.2, 0.25) is 5.91 Å². The first-order valence-corrected chi connectivity index (χ1v) is 8.44. The number of aromatic nitrogens is 2. The summed E-state index contributed by atoms with van der Waals surface area (Å²) in [5.41, 5.74) is -0.889. The quantitative estimate of drug-likeness (QED) is 0.549. The molecule has 0 spiro atoms. The van der Waals surface area contributed by atoms with Gasteiger partial charge in [0.25, 0.3) is 0 Å². The van der Waals surface area contributed by atoms with Gasteiger partial charge in [-0.15, -0.1) is 0 Å². The molecular weight excluding hydrogens is 359 g/mol. The molecule has 8 heteroatoms. The van der Waals surface area contributed by atoms with Crippen LogP contribution < -0.4 is 5.32 Å². The van der Waals surface area contributed by atoms with Crippen LogP contribution in [0, 0.1) is 0 Å². The van der Waals surface area contributed by atoms with Gasteiger partial charge in [0.15, 0.2) is 5.82 Å². The number of rotatable bonds is 8. The molecule has 1 N–H and O–H groups in total. The Morgan fingerprint density at radius 1 is 1.19 bits per heavy atom. The number of Topliss-reactive ketones (excluding diaryl/α,β-unsaturated/α-hetero) is 1. The van der Waals surface area contributed by atoms with E-state index in [0.717, 1.165) is 31.1 Å². The lowest BCUT2D eigenvalue weighted by Gasteiger charge is -2.09. The van der Waals surface area contributed by atoms with Crippen LogP contribution in [0.5, 0.6) is 0 Å². The molecule has 2 rings (SSSR count). The first-order chi connectivity index (χ1) is 12.8. The molecule has 0 atom stereocenters. The van der Waals surface area contributed by atoms with Crippen LogP contribution in [-0.2, 0) is 22.3 Å². The molecule has 1 amide bonds. The summed E-state index contributed by atoms with van der Waals surface area (Å²) in [7, 11) is 0. The van der Waals surface area contributed by atoms with E-state index in [1.807, 2.05) is 0 Å². The van der Waals surface area contributed by atoms with E-state index in [4.69, 9.17) is 0 Å². The van der Waals surface area contributed by atoms with Gasteiger partial charge in [-0.05, 0) is 37.5 Å². The largest absolute Gasteiger partial charge is 0.416 e. The van der Waals surface area contributed by atoms with Gasteiger partial charge in [-0.2, -0.15) is 18.3 Å². The van der Waals surface area contributed by atoms with Crippen LogP contribution in [0.3, 0.4) is 0 Å². The van der Waals surface area contributed by atoms with Gasteiger partial charge in [0.05, 0.1) is 5.56 Å². The van der Waals surface area contributed by atoms with E-state index >= 15 is 0 Å². The first-order valence-electron chi connectivity index (χ1n) is 8.44. The molecule has 0 radical (unpaired) electrons. The maximum absolute atomic E-state index is 12.9. The van der Waals surface area contributed by atoms with E-state index in [9.17, 15) is 22.8 Å². The molecule has 5 nitrogen and oxygen atoms in total. The summed E-state index contributed by atoms with van der Waals surface area (Å²) in [5, 5.41) is 6.67. The van der Waals surface area contributed by atoms with Crippen molar-refractivity contribution in [1.29, 1.82) is 0 Å². The number of benzene rings is 1. The third-order valence-electron chi connectivity index (χ3n) is 3.74. The topological polar surface area (TPSA) is 64.0 Å². The van der Waals surface area contributed by atoms with Gasteiger partial charge in [-0.1, -0.05) is 18.2 Å². The van der Waals surface area contributed by atoms with Crippen LogP contribution in [-0.4, -0.2) is 21.5 Å². The third-order valence-corrected chi connectivity index (χ3v) is 3.74. The van der Waals surface area contributed by atoms with Crippen molar-refractivity contribution >= 4 is 23.6 Å². The van der Waals surface area contributed by atoms with E-state index in [2.05, 4.69) is 10.4 Å². The average Bonchev–Trinajstić information content (AvgIpc) is 3.03. The summed E-state index contributed by atoms with van der Waals surface area (Å²) in [6.45, 7) is 2.15. The van der Waals surface area contributed by atoms with Crippen LogP contribution in [0.2, 0.25) is 0 Å². The Kier molecular flexibility index (Phi) is 6.92. The number of hydrogen-bond donors (Lipinski definition) is 1. The number of hydrogen-bond acceptors (Lipinski definition) is 3. The van der Waals surface area contributed by atoms with E-state index in [1.54, 1.807) is 23.9 Å². The van der Waals surface area contributed by atoms with Crippen molar-refractivity contribution in [2.75, 3.05) is 5.32 Å². The fourth-order valence-corrected chi connectivity index (χ4v) is 2.43. The van der Waals surface area contributed by atoms with Crippen molar-refractivity contribution in [3.8, 4) is 0 Å². The Bertz CT molecular complexity index is 826. The van der Waals surface area contributed by atoms with Gasteiger partial charge in [0, 0.05) is 31.3 Å². The zero-order valence-electron chi connectivity index (χ0n) is 14.8. The second-order valence-corrected chi connectivity index (χ2v) is 6.03. The van der Waals surface area contributed by atoms with Gasteiger partial charge in [0.1, 0.15) is 5.78 Å². The lowest BCUT2D eigenvalue weighted by Crippen LogP contribution is -2.10. The molecule has 0 aliphatic heterocycles. The standard InChI is InChI=1S/C19H20F3N3O2/c1-14(26)6-4-5-12-25-13-11-17(24-25)23-18(27)10-9-15-7-2-3-8-16(15)19(20,21)22/h2-3,7-11,13H,4-6,12H2,1H3,(H,23,24,27)/b10-9-. The van der Waals surface area contributed by atoms with Crippen molar-refractivity contribution in [2.24, 2.45) is 0 Å². The number of amides is 1. The van der Waals surface area contributed by atoms with Crippen molar-refractivity contribution in [2.45, 2.75) is 38.9 Å². The number of carbonyl (C=O) groups is 2. The number of ketones is 1. The molecule has 0 unspecified atom stereocenters. The van der Waals surface area contributed by atoms with Gasteiger partial charge in [-0.3, -0.25) is 9.48 Å². The van der Waals surface area contributed by atoms with E-state index < -0.39 is 17.6 Å². The number of alkyl halides is 3. The molecule has 0 bridgehead atoms. The van der Waals surface area contributed by atoms with E-state index in [-0.39, 0.29) is 11.3 Å². The Hall–Kier alpha value is -2.90. The fraction of sp³-hybridized carbons (Fsp3) is 0.316. The van der Waals surface area contributed by atoms with Gasteiger partial charge in [-0.25, -0.2) is 0 Å². The van der Waals surface area contributed by atoms with Crippen LogP contribution in [0.25, 0.3) is 6.08 Å². The van der Waals surface area contributed by atoms with E-state index in [1.165, 1.54) is 18.2 Å². The molecular formula is C19H20F3N3O2. The van der Waals surface area contributed by atoms with Crippen LogP contribution in [0.15, 0.2) is 42.6 Å². The van der Waals surface area contributed by atoms with E-state index in [0.29, 0.717) is 18.8 Å². The molecule has 0 saturated carbocycles. The number of unbranched alkanes of at least 4 members (excludes halogenated alkanes) is 1. The highest BCUT2D eigenvalue weighted by Crippen LogP contribution is 2.32. The molecule has 1 heterocycles. The Labute approximate surface area is 154 Å². The summed E-state index contributed by atoms with van der Waals surface area (Å²) in [6.07, 6.45) is 1.42. The zero-order chi connectivity index (χ0) is 19.9. The minimum atomic E-state index is -4.49. The Morgan fingerprint density at radius 2 is 1.93 bits per heavy atom. The fourth-order valence-electron chi connectivity index (χ4n) is 2.43. The molecule has 27 heavy (non-hydrogen) atoms. The summed E-state index contributed by atoms with van der Waals surface area (Å²) in [4.78, 5) is 22.8. The predicted octanol–water partition coefficient (Wildman–Crippen LogP) is 4.31. The summed E-state index contributed by atoms with van der Waals surface area (Å²) < 4.78 is 40.4. The van der Waals surface area contributed by atoms with Crippen LogP contribution >= 0.6 is 0 Å². The van der Waals surface area contributed by atoms with Crippen LogP contribution in [0.4, 0.5) is 19.0 Å². The van der Waals surface area contributed by atoms with Crippen molar-refractivity contribution in [1.82, 2.24) is 9.78 Å². The molecule has 0 fully saturated rings. The normalized spacial score (nSPS) is 11.7. The minimum Gasteiger partial charge on any atom is -0.306 e. The molecule has 0 aliphatic carbocycles. The number of halogens is 3. The monoisotopic (exact) mass is 379 g/mol. The first kappa shape index (κ1) is 20.4. The molecule has 0 aliphatic rings. The molecule has 1 aromatic carbocycles. The lowest BCUT2D eigenvalue weighted by atomic mass is 10.1. The Balaban J connectivity index is 1.91. The van der Waals surface area contributed by atoms with Crippen molar-refractivity contribution < 1.29 is 22.8 Å². The third kappa shape index (κ3) is 6.73. The number of carbonyl (C=O) groups excluding carboxylic acids is 2. The van der Waals surface area contributed by atoms with Crippen molar-refractivity contribution in [3.05, 3.63) is 53.7 Å². The maximum atomic E-state index is 12.9. The predicted molar refractivity (Wildman–Crippen MR) is 95.9 cm³/mol. The summed E-state index contributed by atoms with van der Waals surface area (Å²) in [5.74, 6) is -0.128. The van der Waals surface area contributed by atoms with Gasteiger partial charge < -0.3 is 10.1 Å². The molecule has 1 aromatic heterocycles. The number of anilines is 1. The second-order valence-electron chi connectivity index (χ2n) is 6.03. The highest BCUT2D eigenvalue weighted by molar-refractivity contribution is 6.01. The number of aryl methyl sites for hydroxylation is 1. The Morgan fingerprint density at radius 3 is 2.63 bits per heavy atom. The zero-order valence-corrected chi connectivity index (χ0v) is 14.8. The summed E-state index contributed by atoms with van der Waals surface area (Å²) >= 11 is 0. The SMILES string of the molecule is CC(=O)CCCCn1ccc(NC(=O)/C=C\c2ccccc2C(F)(F)F)n1. The lowest BCUT2D eigenvalue weighted by molar-refractivity contribution is -0.137. The minimum absolute atomic E-state index is 0.0869. The smallest absolute Gasteiger partial charge is 0.306 e. The molecule has 2 aromatic rings. The molecule has 144 valence electrons. The average molecular weight is 379 g/mol. The highest BCUT2D eigenvalue weighted by atomic mass is 19.4. The highest BCUT2D eigenvalue weighted by Gasteiger charge is 2.32. The maximum Gasteiger partial charge on any atom is 0.416 e. The van der Waals surface area contributed by atoms with Crippen LogP contribution in [0.1, 0.15) is 37.3 Å². The number of nitrogens with zero attached hydrogens (tertiary/aromatic N) is 2. The van der Waals surface area contributed by atoms with Gasteiger partial charge >= 0.3 is 6.18 Å². The molecule has 0 saturated heterocycles.